The molecule has 8 atom stereocenters. The van der Waals surface area contributed by atoms with E-state index >= 15 is 0 Å². The Labute approximate surface area is 562 Å². The van der Waals surface area contributed by atoms with Crippen molar-refractivity contribution in [1.82, 2.24) is 5.32 Å². The van der Waals surface area contributed by atoms with Crippen molar-refractivity contribution in [2.75, 3.05) is 13.2 Å². The third-order valence-electron chi connectivity index (χ3n) is 19.0. The highest BCUT2D eigenvalue weighted by atomic mass is 16.7. The Morgan fingerprint density at radius 3 is 1.14 bits per heavy atom. The number of nitrogens with one attached hydrogen (secondary N) is 1. The molecule has 91 heavy (non-hydrogen) atoms. The molecule has 0 aromatic carbocycles. The molecule has 0 spiro atoms. The average molecular weight is 1290 g/mol. The summed E-state index contributed by atoms with van der Waals surface area (Å²) in [6.45, 7) is 5.83. The molecule has 1 heterocycles. The molecule has 0 saturated carbocycles. The molecule has 1 saturated heterocycles. The van der Waals surface area contributed by atoms with Crippen molar-refractivity contribution >= 4 is 11.9 Å². The van der Waals surface area contributed by atoms with E-state index in [-0.39, 0.29) is 13.0 Å². The van der Waals surface area contributed by atoms with E-state index in [1.807, 2.05) is 6.08 Å². The van der Waals surface area contributed by atoms with Crippen LogP contribution in [0.1, 0.15) is 400 Å². The highest BCUT2D eigenvalue weighted by molar-refractivity contribution is 5.80. The first-order valence-corrected chi connectivity index (χ1v) is 39.8. The van der Waals surface area contributed by atoms with Gasteiger partial charge in [0, 0.05) is 6.42 Å². The number of carbonyl (C=O) groups is 2. The Balaban J connectivity index is 2.46. The first-order valence-electron chi connectivity index (χ1n) is 39.8. The summed E-state index contributed by atoms with van der Waals surface area (Å²) in [6, 6.07) is -1.02. The van der Waals surface area contributed by atoms with Crippen LogP contribution in [0.15, 0.2) is 36.5 Å². The van der Waals surface area contributed by atoms with Crippen molar-refractivity contribution in [3.05, 3.63) is 36.5 Å². The number of allylic oxidation sites excluding steroid dienone is 5. The maximum atomic E-state index is 13.5. The average Bonchev–Trinajstić information content (AvgIpc) is 0.943. The van der Waals surface area contributed by atoms with Gasteiger partial charge in [-0.25, -0.2) is 0 Å². The van der Waals surface area contributed by atoms with Gasteiger partial charge in [-0.15, -0.1) is 0 Å². The second-order valence-corrected chi connectivity index (χ2v) is 27.8. The van der Waals surface area contributed by atoms with Gasteiger partial charge in [0.25, 0.3) is 0 Å². The lowest BCUT2D eigenvalue weighted by molar-refractivity contribution is -0.305. The smallest absolute Gasteiger partial charge is 0.306 e. The molecule has 1 amide bonds. The fourth-order valence-electron chi connectivity index (χ4n) is 12.8. The summed E-state index contributed by atoms with van der Waals surface area (Å²) in [4.78, 5) is 26.7. The van der Waals surface area contributed by atoms with Crippen LogP contribution in [-0.4, -0.2) is 99.6 Å². The Bertz CT molecular complexity index is 1620. The van der Waals surface area contributed by atoms with Crippen LogP contribution < -0.4 is 5.32 Å². The molecule has 6 N–H and O–H groups in total. The lowest BCUT2D eigenvalue weighted by atomic mass is 9.99. The number of aliphatic hydroxyl groups excluding tert-OH is 5. The molecule has 0 bridgehead atoms. The fourth-order valence-corrected chi connectivity index (χ4v) is 12.8. The van der Waals surface area contributed by atoms with Gasteiger partial charge in [-0.1, -0.05) is 372 Å². The molecule has 1 fully saturated rings. The van der Waals surface area contributed by atoms with Gasteiger partial charge in [0.2, 0.25) is 5.91 Å². The van der Waals surface area contributed by atoms with E-state index < -0.39 is 67.4 Å². The minimum Gasteiger partial charge on any atom is -0.454 e. The van der Waals surface area contributed by atoms with Gasteiger partial charge < -0.3 is 45.1 Å². The van der Waals surface area contributed by atoms with E-state index in [1.165, 1.54) is 289 Å². The van der Waals surface area contributed by atoms with Gasteiger partial charge in [0.05, 0.1) is 25.4 Å². The van der Waals surface area contributed by atoms with Crippen LogP contribution in [0.25, 0.3) is 0 Å². The zero-order valence-electron chi connectivity index (χ0n) is 60.0. The minimum absolute atomic E-state index is 0.130. The van der Waals surface area contributed by atoms with Crippen LogP contribution in [0, 0.1) is 0 Å². The lowest BCUT2D eigenvalue weighted by Crippen LogP contribution is -2.61. The van der Waals surface area contributed by atoms with Crippen molar-refractivity contribution in [2.45, 2.75) is 449 Å². The topological polar surface area (TPSA) is 175 Å². The van der Waals surface area contributed by atoms with Crippen LogP contribution >= 0.6 is 0 Å². The van der Waals surface area contributed by atoms with Crippen molar-refractivity contribution in [1.29, 1.82) is 0 Å². The van der Waals surface area contributed by atoms with Crippen molar-refractivity contribution in [3.8, 4) is 0 Å². The number of ether oxygens (including phenoxy) is 3. The summed E-state index contributed by atoms with van der Waals surface area (Å²) in [7, 11) is 0. The van der Waals surface area contributed by atoms with Crippen LogP contribution in [0.3, 0.4) is 0 Å². The Morgan fingerprint density at radius 2 is 0.758 bits per heavy atom. The molecule has 0 aliphatic carbocycles. The summed E-state index contributed by atoms with van der Waals surface area (Å²) < 4.78 is 17.7. The predicted molar refractivity (Wildman–Crippen MR) is 384 cm³/mol. The third-order valence-corrected chi connectivity index (χ3v) is 19.0. The van der Waals surface area contributed by atoms with Crippen LogP contribution in [0.5, 0.6) is 0 Å². The van der Waals surface area contributed by atoms with E-state index in [2.05, 4.69) is 50.4 Å². The number of esters is 1. The maximum absolute atomic E-state index is 13.5. The van der Waals surface area contributed by atoms with Gasteiger partial charge in [0.1, 0.15) is 24.4 Å². The summed E-state index contributed by atoms with van der Waals surface area (Å²) in [5.74, 6) is -1.17. The van der Waals surface area contributed by atoms with Gasteiger partial charge in [-0.05, 0) is 57.8 Å². The number of aliphatic hydroxyl groups is 5. The largest absolute Gasteiger partial charge is 0.454 e. The quantitative estimate of drug-likeness (QED) is 0.0195. The highest BCUT2D eigenvalue weighted by Crippen LogP contribution is 2.27. The molecule has 1 rings (SSSR count). The second kappa shape index (κ2) is 67.8. The lowest BCUT2D eigenvalue weighted by Gasteiger charge is -2.41. The fraction of sp³-hybridized carbons (Fsp3) is 0.900. The van der Waals surface area contributed by atoms with E-state index in [1.54, 1.807) is 6.08 Å². The number of hydrogen-bond donors (Lipinski definition) is 6. The molecule has 536 valence electrons. The summed E-state index contributed by atoms with van der Waals surface area (Å²) in [6.07, 6.45) is 75.0. The van der Waals surface area contributed by atoms with Crippen LogP contribution in [0.2, 0.25) is 0 Å². The minimum atomic E-state index is -1.61. The highest BCUT2D eigenvalue weighted by Gasteiger charge is 2.47. The molecular formula is C80H151NO10. The Hall–Kier alpha value is -2.12. The normalized spacial score (nSPS) is 18.1. The zero-order chi connectivity index (χ0) is 66.0. The summed E-state index contributed by atoms with van der Waals surface area (Å²) in [5.41, 5.74) is 0. The van der Waals surface area contributed by atoms with Gasteiger partial charge >= 0.3 is 5.97 Å². The first kappa shape index (κ1) is 86.9. The van der Waals surface area contributed by atoms with Crippen molar-refractivity contribution in [2.24, 2.45) is 0 Å². The van der Waals surface area contributed by atoms with Crippen molar-refractivity contribution in [3.63, 3.8) is 0 Å². The van der Waals surface area contributed by atoms with Crippen molar-refractivity contribution < 1.29 is 49.3 Å². The molecule has 8 unspecified atom stereocenters. The monoisotopic (exact) mass is 1290 g/mol. The SMILES string of the molecule is CCCCC/C=C\C/C=C\CCCCCCCCCCCCCCCCC(O)C(=O)NC(COC1OC(CO)C(O)C(O)C1OC(=O)CCCCCCCCCCCCCCCCCCCCCCCCCCCCC)C(O)/C=C/CCCCCCCCCCC. The van der Waals surface area contributed by atoms with Gasteiger partial charge in [-0.2, -0.15) is 0 Å². The molecule has 0 radical (unpaired) electrons. The molecule has 0 aromatic heterocycles. The number of carbonyl (C=O) groups excluding carboxylic acids is 2. The van der Waals surface area contributed by atoms with Gasteiger partial charge in [0.15, 0.2) is 12.4 Å². The first-order chi connectivity index (χ1) is 44.7. The number of unbranched alkanes of at least 4 members (excludes halogenated alkanes) is 52. The Morgan fingerprint density at radius 1 is 0.429 bits per heavy atom. The molecular weight excluding hydrogens is 1130 g/mol. The Kier molecular flexibility index (Phi) is 64.8. The molecule has 0 aromatic rings. The maximum Gasteiger partial charge on any atom is 0.306 e. The van der Waals surface area contributed by atoms with E-state index in [9.17, 15) is 35.1 Å². The van der Waals surface area contributed by atoms with E-state index in [4.69, 9.17) is 14.2 Å². The number of rotatable bonds is 70. The zero-order valence-corrected chi connectivity index (χ0v) is 60.0. The predicted octanol–water partition coefficient (Wildman–Crippen LogP) is 21.3. The summed E-state index contributed by atoms with van der Waals surface area (Å²) >= 11 is 0. The summed E-state index contributed by atoms with van der Waals surface area (Å²) in [5, 5.41) is 57.4. The standard InChI is InChI=1S/C80H151NO10/c1-4-7-10-13-16-19-22-24-26-28-30-32-34-36-37-38-40-42-44-46-48-50-53-56-59-62-65-68-75(85)91-78-77(87)76(86)74(69-82)90-80(78)89-70-71(72(83)66-63-60-57-54-51-21-18-15-12-9-6-3)81-79(88)73(84)67-64-61-58-55-52-49-47-45-43-41-39-35-33-31-29-27-25-23-20-17-14-11-8-5-2/h17,20,25,27,63,66,71-74,76-78,80,82-84,86-87H,4-16,18-19,21-24,26,28-62,64-65,67-70H2,1-3H3,(H,81,88)/b20-17-,27-25-,66-63+. The van der Waals surface area contributed by atoms with E-state index in [0.717, 1.165) is 64.2 Å². The molecule has 1 aliphatic rings. The van der Waals surface area contributed by atoms with Crippen LogP contribution in [0.4, 0.5) is 0 Å². The third kappa shape index (κ3) is 54.7. The molecule has 1 aliphatic heterocycles. The van der Waals surface area contributed by atoms with Gasteiger partial charge in [-0.3, -0.25) is 9.59 Å². The number of hydrogen-bond acceptors (Lipinski definition) is 10. The van der Waals surface area contributed by atoms with E-state index in [0.29, 0.717) is 19.3 Å². The second-order valence-electron chi connectivity index (χ2n) is 27.8. The van der Waals surface area contributed by atoms with Crippen LogP contribution in [-0.2, 0) is 23.8 Å². The molecule has 11 heteroatoms. The number of amides is 1. The molecule has 11 nitrogen and oxygen atoms in total.